The van der Waals surface area contributed by atoms with Gasteiger partial charge in [-0.25, -0.2) is 0 Å². The van der Waals surface area contributed by atoms with E-state index in [2.05, 4.69) is 0 Å². The molecule has 1 aliphatic heterocycles. The van der Waals surface area contributed by atoms with E-state index in [1.165, 1.54) is 0 Å². The maximum atomic E-state index is 13.1. The van der Waals surface area contributed by atoms with Gasteiger partial charge in [-0.15, -0.1) is 0 Å². The fourth-order valence-corrected chi connectivity index (χ4v) is 5.06. The number of likely N-dealkylation sites (tertiary alicyclic amines) is 1. The number of carbonyl (C=O) groups is 1. The Morgan fingerprint density at radius 3 is 2.15 bits per heavy atom. The Kier molecular flexibility index (Phi) is 8.74. The summed E-state index contributed by atoms with van der Waals surface area (Å²) >= 11 is 0. The molecule has 7 nitrogen and oxygen atoms in total. The molecule has 1 fully saturated rings. The molecular formula is C25H33NO6S. The van der Waals surface area contributed by atoms with Gasteiger partial charge in [-0.2, -0.15) is 8.42 Å². The second-order valence-electron chi connectivity index (χ2n) is 8.36. The molecule has 2 aromatic carbocycles. The standard InChI is InChI=1S/C25H33NO6S/c1-19-10-12-21(13-11-19)33(28,29)32-18-5-4-7-20-14-16-26(17-15-20)25(27)24-22(30-2)8-6-9-23(24)31-3/h6,8-13,20H,4-5,7,14-18H2,1-3H3. The van der Waals surface area contributed by atoms with Crippen LogP contribution in [0.1, 0.15) is 48.0 Å². The molecule has 2 aromatic rings. The van der Waals surface area contributed by atoms with Crippen molar-refractivity contribution in [2.45, 2.75) is 43.9 Å². The normalized spacial score (nSPS) is 14.8. The number of hydrogen-bond acceptors (Lipinski definition) is 6. The molecule has 0 aliphatic carbocycles. The first kappa shape index (κ1) is 25.1. The molecule has 0 unspecified atom stereocenters. The van der Waals surface area contributed by atoms with Gasteiger partial charge in [-0.05, 0) is 56.4 Å². The average Bonchev–Trinajstić information content (AvgIpc) is 2.83. The summed E-state index contributed by atoms with van der Waals surface area (Å²) < 4.78 is 40.4. The Labute approximate surface area is 196 Å². The van der Waals surface area contributed by atoms with Crippen molar-refractivity contribution in [2.24, 2.45) is 5.92 Å². The van der Waals surface area contributed by atoms with Crippen LogP contribution in [0.15, 0.2) is 47.4 Å². The maximum Gasteiger partial charge on any atom is 0.296 e. The van der Waals surface area contributed by atoms with Gasteiger partial charge in [0.05, 0.1) is 25.7 Å². The van der Waals surface area contributed by atoms with Gasteiger partial charge in [-0.3, -0.25) is 8.98 Å². The van der Waals surface area contributed by atoms with Crippen LogP contribution in [0.25, 0.3) is 0 Å². The van der Waals surface area contributed by atoms with Crippen LogP contribution in [0.3, 0.4) is 0 Å². The van der Waals surface area contributed by atoms with Crippen molar-refractivity contribution in [3.63, 3.8) is 0 Å². The van der Waals surface area contributed by atoms with Crippen molar-refractivity contribution in [1.29, 1.82) is 0 Å². The molecular weight excluding hydrogens is 442 g/mol. The highest BCUT2D eigenvalue weighted by atomic mass is 32.2. The molecule has 1 amide bonds. The minimum atomic E-state index is -3.70. The van der Waals surface area contributed by atoms with Crippen LogP contribution in [0.4, 0.5) is 0 Å². The number of aryl methyl sites for hydroxylation is 1. The summed E-state index contributed by atoms with van der Waals surface area (Å²) in [4.78, 5) is 15.1. The first-order valence-electron chi connectivity index (χ1n) is 11.3. The Hall–Kier alpha value is -2.58. The van der Waals surface area contributed by atoms with Crippen LogP contribution in [0, 0.1) is 12.8 Å². The first-order valence-corrected chi connectivity index (χ1v) is 12.7. The van der Waals surface area contributed by atoms with E-state index in [0.717, 1.165) is 31.2 Å². The van der Waals surface area contributed by atoms with Gasteiger partial charge in [0.25, 0.3) is 16.0 Å². The lowest BCUT2D eigenvalue weighted by molar-refractivity contribution is 0.0678. The van der Waals surface area contributed by atoms with Crippen LogP contribution < -0.4 is 9.47 Å². The molecule has 1 saturated heterocycles. The van der Waals surface area contributed by atoms with Crippen molar-refractivity contribution < 1.29 is 26.9 Å². The average molecular weight is 476 g/mol. The highest BCUT2D eigenvalue weighted by Gasteiger charge is 2.27. The summed E-state index contributed by atoms with van der Waals surface area (Å²) in [6, 6.07) is 12.0. The topological polar surface area (TPSA) is 82.1 Å². The third-order valence-corrected chi connectivity index (χ3v) is 7.42. The number of hydrogen-bond donors (Lipinski definition) is 0. The molecule has 0 bridgehead atoms. The van der Waals surface area contributed by atoms with Gasteiger partial charge in [0.2, 0.25) is 0 Å². The van der Waals surface area contributed by atoms with E-state index in [1.807, 2.05) is 11.8 Å². The zero-order valence-corrected chi connectivity index (χ0v) is 20.4. The molecule has 0 spiro atoms. The maximum absolute atomic E-state index is 13.1. The summed E-state index contributed by atoms with van der Waals surface area (Å²) in [6.07, 6.45) is 4.41. The predicted octanol–water partition coefficient (Wildman–Crippen LogP) is 4.44. The van der Waals surface area contributed by atoms with E-state index in [1.54, 1.807) is 56.7 Å². The quantitative estimate of drug-likeness (QED) is 0.373. The monoisotopic (exact) mass is 475 g/mol. The number of benzene rings is 2. The predicted molar refractivity (Wildman–Crippen MR) is 126 cm³/mol. The molecule has 0 aromatic heterocycles. The van der Waals surface area contributed by atoms with Gasteiger partial charge in [0.15, 0.2) is 0 Å². The lowest BCUT2D eigenvalue weighted by atomic mass is 9.91. The zero-order chi connectivity index (χ0) is 23.8. The summed E-state index contributed by atoms with van der Waals surface area (Å²) in [5.41, 5.74) is 1.47. The lowest BCUT2D eigenvalue weighted by Gasteiger charge is -2.32. The van der Waals surface area contributed by atoms with Gasteiger partial charge < -0.3 is 14.4 Å². The number of carbonyl (C=O) groups excluding carboxylic acids is 1. The van der Waals surface area contributed by atoms with E-state index < -0.39 is 10.1 Å². The number of piperidine rings is 1. The Balaban J connectivity index is 1.41. The van der Waals surface area contributed by atoms with Gasteiger partial charge >= 0.3 is 0 Å². The van der Waals surface area contributed by atoms with E-state index in [9.17, 15) is 13.2 Å². The molecule has 0 radical (unpaired) electrons. The summed E-state index contributed by atoms with van der Waals surface area (Å²) in [6.45, 7) is 3.46. The highest BCUT2D eigenvalue weighted by Crippen LogP contribution is 2.31. The zero-order valence-electron chi connectivity index (χ0n) is 19.6. The number of nitrogens with zero attached hydrogens (tertiary/aromatic N) is 1. The van der Waals surface area contributed by atoms with Crippen LogP contribution in [-0.2, 0) is 14.3 Å². The molecule has 1 aliphatic rings. The van der Waals surface area contributed by atoms with Crippen LogP contribution in [0.2, 0.25) is 0 Å². The van der Waals surface area contributed by atoms with Gasteiger partial charge in [-0.1, -0.05) is 36.6 Å². The second-order valence-corrected chi connectivity index (χ2v) is 9.97. The largest absolute Gasteiger partial charge is 0.496 e. The molecule has 33 heavy (non-hydrogen) atoms. The fraction of sp³-hybridized carbons (Fsp3) is 0.480. The molecule has 0 saturated carbocycles. The molecule has 1 heterocycles. The fourth-order valence-electron chi connectivity index (χ4n) is 4.12. The minimum absolute atomic E-state index is 0.0718. The molecule has 180 valence electrons. The van der Waals surface area contributed by atoms with Crippen LogP contribution in [-0.4, -0.2) is 53.1 Å². The Morgan fingerprint density at radius 2 is 1.58 bits per heavy atom. The molecule has 3 rings (SSSR count). The number of rotatable bonds is 10. The van der Waals surface area contributed by atoms with Crippen molar-refractivity contribution in [3.8, 4) is 11.5 Å². The number of unbranched alkanes of at least 4 members (excludes halogenated alkanes) is 1. The van der Waals surface area contributed by atoms with E-state index in [-0.39, 0.29) is 17.4 Å². The second kappa shape index (κ2) is 11.5. The first-order chi connectivity index (χ1) is 15.9. The summed E-state index contributed by atoms with van der Waals surface area (Å²) in [7, 11) is -0.603. The molecule has 0 N–H and O–H groups in total. The van der Waals surface area contributed by atoms with E-state index >= 15 is 0 Å². The molecule has 8 heteroatoms. The number of methoxy groups -OCH3 is 2. The Morgan fingerprint density at radius 1 is 0.970 bits per heavy atom. The SMILES string of the molecule is COc1cccc(OC)c1C(=O)N1CCC(CCCCOS(=O)(=O)c2ccc(C)cc2)CC1. The number of ether oxygens (including phenoxy) is 2. The van der Waals surface area contributed by atoms with E-state index in [4.69, 9.17) is 13.7 Å². The van der Waals surface area contributed by atoms with Gasteiger partial charge in [0, 0.05) is 13.1 Å². The summed E-state index contributed by atoms with van der Waals surface area (Å²) in [5, 5.41) is 0. The van der Waals surface area contributed by atoms with Crippen LogP contribution >= 0.6 is 0 Å². The van der Waals surface area contributed by atoms with Crippen molar-refractivity contribution in [2.75, 3.05) is 33.9 Å². The lowest BCUT2D eigenvalue weighted by Crippen LogP contribution is -2.38. The van der Waals surface area contributed by atoms with E-state index in [0.29, 0.717) is 42.5 Å². The minimum Gasteiger partial charge on any atom is -0.496 e. The summed E-state index contributed by atoms with van der Waals surface area (Å²) in [5.74, 6) is 1.48. The van der Waals surface area contributed by atoms with Crippen LogP contribution in [0.5, 0.6) is 11.5 Å². The van der Waals surface area contributed by atoms with Crippen molar-refractivity contribution >= 4 is 16.0 Å². The third kappa shape index (κ3) is 6.48. The highest BCUT2D eigenvalue weighted by molar-refractivity contribution is 7.86. The van der Waals surface area contributed by atoms with Crippen molar-refractivity contribution in [3.05, 3.63) is 53.6 Å². The van der Waals surface area contributed by atoms with Crippen molar-refractivity contribution in [1.82, 2.24) is 4.90 Å². The molecule has 0 atom stereocenters. The van der Waals surface area contributed by atoms with Gasteiger partial charge in [0.1, 0.15) is 17.1 Å². The number of amides is 1. The third-order valence-electron chi connectivity index (χ3n) is 6.10. The smallest absolute Gasteiger partial charge is 0.296 e. The Bertz CT molecular complexity index is 1010.